The molecule has 6 heteroatoms. The molecule has 1 aromatic rings. The first kappa shape index (κ1) is 13.8. The van der Waals surface area contributed by atoms with Gasteiger partial charge in [0.1, 0.15) is 0 Å². The summed E-state index contributed by atoms with van der Waals surface area (Å²) >= 11 is 1.55. The van der Waals surface area contributed by atoms with Gasteiger partial charge in [-0.05, 0) is 32.7 Å². The zero-order valence-electron chi connectivity index (χ0n) is 11.9. The molecular formula is C14H21N3O2S. The number of aromatic nitrogens is 1. The smallest absolute Gasteiger partial charge is 0.357 e. The summed E-state index contributed by atoms with van der Waals surface area (Å²) in [7, 11) is 0. The molecule has 5 nitrogen and oxygen atoms in total. The lowest BCUT2D eigenvalue weighted by atomic mass is 10.2. The molecule has 0 N–H and O–H groups in total. The SMILES string of the molecule is CCOC(=O)c1csc(N2CCCN3CCCC3C2)n1. The molecule has 0 aromatic carbocycles. The van der Waals surface area contributed by atoms with Crippen LogP contribution in [0.4, 0.5) is 5.13 Å². The summed E-state index contributed by atoms with van der Waals surface area (Å²) in [6.07, 6.45) is 3.77. The summed E-state index contributed by atoms with van der Waals surface area (Å²) in [6.45, 7) is 6.71. The van der Waals surface area contributed by atoms with Crippen molar-refractivity contribution in [3.8, 4) is 0 Å². The van der Waals surface area contributed by atoms with E-state index in [1.54, 1.807) is 11.3 Å². The van der Waals surface area contributed by atoms with Crippen molar-refractivity contribution in [2.24, 2.45) is 0 Å². The highest BCUT2D eigenvalue weighted by Gasteiger charge is 2.29. The van der Waals surface area contributed by atoms with Crippen LogP contribution in [0.1, 0.15) is 36.7 Å². The van der Waals surface area contributed by atoms with E-state index in [4.69, 9.17) is 4.74 Å². The van der Waals surface area contributed by atoms with Crippen molar-refractivity contribution < 1.29 is 9.53 Å². The average molecular weight is 295 g/mol. The Hall–Kier alpha value is -1.14. The molecule has 0 radical (unpaired) electrons. The zero-order chi connectivity index (χ0) is 13.9. The molecule has 0 amide bonds. The number of carbonyl (C=O) groups excluding carboxylic acids is 1. The van der Waals surface area contributed by atoms with Gasteiger partial charge >= 0.3 is 5.97 Å². The number of carbonyl (C=O) groups is 1. The Morgan fingerprint density at radius 2 is 2.30 bits per heavy atom. The molecule has 0 aliphatic carbocycles. The number of fused-ring (bicyclic) bond motifs is 1. The van der Waals surface area contributed by atoms with E-state index < -0.39 is 0 Å². The number of nitrogens with zero attached hydrogens (tertiary/aromatic N) is 3. The molecule has 1 atom stereocenters. The largest absolute Gasteiger partial charge is 0.461 e. The Morgan fingerprint density at radius 1 is 1.45 bits per heavy atom. The third-order valence-electron chi connectivity index (χ3n) is 4.05. The van der Waals surface area contributed by atoms with Crippen molar-refractivity contribution in [3.63, 3.8) is 0 Å². The van der Waals surface area contributed by atoms with Crippen LogP contribution in [0.3, 0.4) is 0 Å². The highest BCUT2D eigenvalue weighted by molar-refractivity contribution is 7.13. The normalized spacial score (nSPS) is 23.4. The molecule has 2 aliphatic heterocycles. The van der Waals surface area contributed by atoms with Crippen LogP contribution in [0.2, 0.25) is 0 Å². The maximum Gasteiger partial charge on any atom is 0.357 e. The Labute approximate surface area is 123 Å². The van der Waals surface area contributed by atoms with E-state index in [0.717, 1.165) is 18.2 Å². The van der Waals surface area contributed by atoms with E-state index in [1.807, 2.05) is 12.3 Å². The molecule has 0 bridgehead atoms. The van der Waals surface area contributed by atoms with Crippen molar-refractivity contribution in [2.45, 2.75) is 32.2 Å². The summed E-state index contributed by atoms with van der Waals surface area (Å²) in [5.41, 5.74) is 0.444. The minimum Gasteiger partial charge on any atom is -0.461 e. The van der Waals surface area contributed by atoms with Gasteiger partial charge in [0.05, 0.1) is 6.61 Å². The fourth-order valence-corrected chi connectivity index (χ4v) is 3.92. The highest BCUT2D eigenvalue weighted by Crippen LogP contribution is 2.27. The molecule has 0 saturated carbocycles. The van der Waals surface area contributed by atoms with Gasteiger partial charge in [-0.25, -0.2) is 9.78 Å². The monoisotopic (exact) mass is 295 g/mol. The molecule has 2 fully saturated rings. The van der Waals surface area contributed by atoms with E-state index in [1.165, 1.54) is 32.4 Å². The third kappa shape index (κ3) is 2.81. The average Bonchev–Trinajstić information content (AvgIpc) is 3.05. The number of rotatable bonds is 3. The Morgan fingerprint density at radius 3 is 3.15 bits per heavy atom. The predicted octanol–water partition coefficient (Wildman–Crippen LogP) is 1.99. The molecule has 110 valence electrons. The van der Waals surface area contributed by atoms with Crippen LogP contribution in [0.5, 0.6) is 0 Å². The highest BCUT2D eigenvalue weighted by atomic mass is 32.1. The van der Waals surface area contributed by atoms with Gasteiger partial charge in [-0.3, -0.25) is 4.90 Å². The molecule has 20 heavy (non-hydrogen) atoms. The lowest BCUT2D eigenvalue weighted by Crippen LogP contribution is -2.36. The third-order valence-corrected chi connectivity index (χ3v) is 4.95. The van der Waals surface area contributed by atoms with Gasteiger partial charge in [0.25, 0.3) is 0 Å². The standard InChI is InChI=1S/C14H21N3O2S/c1-2-19-13(18)12-10-20-14(15-12)17-8-4-7-16-6-3-5-11(16)9-17/h10-11H,2-9H2,1H3. The fourth-order valence-electron chi connectivity index (χ4n) is 3.09. The molecule has 1 aromatic heterocycles. The van der Waals surface area contributed by atoms with Crippen LogP contribution in [0.15, 0.2) is 5.38 Å². The second-order valence-electron chi connectivity index (χ2n) is 5.37. The molecule has 1 unspecified atom stereocenters. The summed E-state index contributed by atoms with van der Waals surface area (Å²) < 4.78 is 5.00. The van der Waals surface area contributed by atoms with Gasteiger partial charge in [-0.15, -0.1) is 11.3 Å². The van der Waals surface area contributed by atoms with Crippen LogP contribution in [-0.2, 0) is 4.74 Å². The number of ether oxygens (including phenoxy) is 1. The number of thiazole rings is 1. The van der Waals surface area contributed by atoms with Gasteiger partial charge in [0.2, 0.25) is 0 Å². The lowest BCUT2D eigenvalue weighted by Gasteiger charge is -2.25. The van der Waals surface area contributed by atoms with Crippen LogP contribution in [0, 0.1) is 0 Å². The van der Waals surface area contributed by atoms with Crippen molar-refractivity contribution in [3.05, 3.63) is 11.1 Å². The molecular weight excluding hydrogens is 274 g/mol. The van der Waals surface area contributed by atoms with Gasteiger partial charge in [0, 0.05) is 31.1 Å². The maximum absolute atomic E-state index is 11.7. The van der Waals surface area contributed by atoms with Gasteiger partial charge < -0.3 is 9.64 Å². The van der Waals surface area contributed by atoms with Crippen LogP contribution < -0.4 is 4.90 Å². The van der Waals surface area contributed by atoms with Crippen molar-refractivity contribution >= 4 is 22.4 Å². The maximum atomic E-state index is 11.7. The van der Waals surface area contributed by atoms with Gasteiger partial charge in [-0.1, -0.05) is 0 Å². The first-order valence-corrected chi connectivity index (χ1v) is 8.27. The fraction of sp³-hybridized carbons (Fsp3) is 0.714. The quantitative estimate of drug-likeness (QED) is 0.798. The molecule has 2 saturated heterocycles. The van der Waals surface area contributed by atoms with Crippen molar-refractivity contribution in [1.29, 1.82) is 0 Å². The summed E-state index contributed by atoms with van der Waals surface area (Å²) in [6, 6.07) is 0.660. The van der Waals surface area contributed by atoms with Crippen LogP contribution in [-0.4, -0.2) is 54.7 Å². The number of hydrogen-bond acceptors (Lipinski definition) is 6. The Kier molecular flexibility index (Phi) is 4.21. The summed E-state index contributed by atoms with van der Waals surface area (Å²) in [4.78, 5) is 21.1. The molecule has 0 spiro atoms. The summed E-state index contributed by atoms with van der Waals surface area (Å²) in [5, 5.41) is 2.77. The number of anilines is 1. The first-order chi connectivity index (χ1) is 9.78. The van der Waals surface area contributed by atoms with Crippen LogP contribution >= 0.6 is 11.3 Å². The second-order valence-corrected chi connectivity index (χ2v) is 6.20. The van der Waals surface area contributed by atoms with E-state index in [-0.39, 0.29) is 5.97 Å². The van der Waals surface area contributed by atoms with E-state index >= 15 is 0 Å². The van der Waals surface area contributed by atoms with Gasteiger partial charge in [0.15, 0.2) is 10.8 Å². The van der Waals surface area contributed by atoms with E-state index in [0.29, 0.717) is 18.3 Å². The van der Waals surface area contributed by atoms with Crippen molar-refractivity contribution in [1.82, 2.24) is 9.88 Å². The first-order valence-electron chi connectivity index (χ1n) is 7.39. The predicted molar refractivity (Wildman–Crippen MR) is 79.5 cm³/mol. The molecule has 3 rings (SSSR count). The summed E-state index contributed by atoms with van der Waals surface area (Å²) in [5.74, 6) is -0.313. The van der Waals surface area contributed by atoms with E-state index in [9.17, 15) is 4.79 Å². The zero-order valence-corrected chi connectivity index (χ0v) is 12.7. The minimum atomic E-state index is -0.313. The molecule has 2 aliphatic rings. The van der Waals surface area contributed by atoms with E-state index in [2.05, 4.69) is 14.8 Å². The van der Waals surface area contributed by atoms with Gasteiger partial charge in [-0.2, -0.15) is 0 Å². The van der Waals surface area contributed by atoms with Crippen LogP contribution in [0.25, 0.3) is 0 Å². The second kappa shape index (κ2) is 6.10. The lowest BCUT2D eigenvalue weighted by molar-refractivity contribution is 0.0520. The topological polar surface area (TPSA) is 45.7 Å². The van der Waals surface area contributed by atoms with Crippen molar-refractivity contribution in [2.75, 3.05) is 37.7 Å². The Balaban J connectivity index is 1.70. The number of hydrogen-bond donors (Lipinski definition) is 0. The Bertz CT molecular complexity index is 477. The molecule has 3 heterocycles. The number of esters is 1. The minimum absolute atomic E-state index is 0.313.